The number of halogens is 2. The van der Waals surface area contributed by atoms with Crippen molar-refractivity contribution in [2.75, 3.05) is 33.2 Å². The third-order valence-electron chi connectivity index (χ3n) is 4.94. The molecule has 1 amide bonds. The topological polar surface area (TPSA) is 35.6 Å². The van der Waals surface area contributed by atoms with Crippen LogP contribution >= 0.6 is 0 Å². The number of nitrogens with one attached hydrogen (secondary N) is 1. The molecule has 1 unspecified atom stereocenters. The summed E-state index contributed by atoms with van der Waals surface area (Å²) in [6, 6.07) is 0.289. The fourth-order valence-corrected chi connectivity index (χ4v) is 3.46. The van der Waals surface area contributed by atoms with Crippen molar-refractivity contribution < 1.29 is 13.6 Å². The van der Waals surface area contributed by atoms with E-state index in [2.05, 4.69) is 36.0 Å². The molecule has 6 heteroatoms. The number of carbonyl (C=O) groups excluding carboxylic acids is 1. The average molecular weight is 317 g/mol. The summed E-state index contributed by atoms with van der Waals surface area (Å²) >= 11 is 0. The molecule has 0 bridgehead atoms. The van der Waals surface area contributed by atoms with E-state index in [0.29, 0.717) is 31.3 Å². The van der Waals surface area contributed by atoms with Crippen LogP contribution in [0.4, 0.5) is 8.78 Å². The van der Waals surface area contributed by atoms with Gasteiger partial charge in [0.15, 0.2) is 0 Å². The van der Waals surface area contributed by atoms with E-state index < -0.39 is 5.92 Å². The van der Waals surface area contributed by atoms with Crippen LogP contribution in [0.5, 0.6) is 0 Å². The number of hydrogen-bond acceptors (Lipinski definition) is 3. The van der Waals surface area contributed by atoms with Gasteiger partial charge in [0, 0.05) is 44.6 Å². The molecule has 0 aromatic carbocycles. The fourth-order valence-electron chi connectivity index (χ4n) is 3.46. The molecule has 2 fully saturated rings. The van der Waals surface area contributed by atoms with Crippen LogP contribution in [0.25, 0.3) is 0 Å². The number of amides is 1. The Labute approximate surface area is 132 Å². The molecule has 128 valence electrons. The Bertz CT molecular complexity index is 380. The highest BCUT2D eigenvalue weighted by Crippen LogP contribution is 2.32. The second-order valence-corrected chi connectivity index (χ2v) is 7.24. The smallest absolute Gasteiger partial charge is 0.248 e. The van der Waals surface area contributed by atoms with E-state index in [9.17, 15) is 13.6 Å². The van der Waals surface area contributed by atoms with E-state index in [-0.39, 0.29) is 24.8 Å². The number of piperazine rings is 1. The zero-order valence-corrected chi connectivity index (χ0v) is 13.9. The van der Waals surface area contributed by atoms with Gasteiger partial charge in [0.2, 0.25) is 11.8 Å². The molecular weight excluding hydrogens is 288 g/mol. The molecule has 2 aliphatic rings. The van der Waals surface area contributed by atoms with Gasteiger partial charge in [-0.3, -0.25) is 9.69 Å². The predicted molar refractivity (Wildman–Crippen MR) is 83.0 cm³/mol. The van der Waals surface area contributed by atoms with E-state index in [1.54, 1.807) is 0 Å². The van der Waals surface area contributed by atoms with Gasteiger partial charge in [-0.2, -0.15) is 0 Å². The third-order valence-corrected chi connectivity index (χ3v) is 4.94. The number of rotatable bonds is 4. The van der Waals surface area contributed by atoms with Crippen LogP contribution < -0.4 is 5.32 Å². The van der Waals surface area contributed by atoms with Gasteiger partial charge in [-0.15, -0.1) is 0 Å². The highest BCUT2D eigenvalue weighted by Gasteiger charge is 2.36. The molecule has 1 heterocycles. The average Bonchev–Trinajstić information content (AvgIpc) is 2.43. The molecule has 1 aliphatic heterocycles. The van der Waals surface area contributed by atoms with Crippen molar-refractivity contribution in [3.63, 3.8) is 0 Å². The largest absolute Gasteiger partial charge is 0.352 e. The Morgan fingerprint density at radius 3 is 2.50 bits per heavy atom. The fraction of sp³-hybridized carbons (Fsp3) is 0.938. The summed E-state index contributed by atoms with van der Waals surface area (Å²) in [6.07, 6.45) is 0.548. The Hall–Kier alpha value is -0.750. The van der Waals surface area contributed by atoms with Crippen molar-refractivity contribution in [2.24, 2.45) is 5.92 Å². The Balaban J connectivity index is 1.81. The number of nitrogens with zero attached hydrogens (tertiary/aromatic N) is 2. The van der Waals surface area contributed by atoms with E-state index in [1.807, 2.05) is 0 Å². The third kappa shape index (κ3) is 4.88. The zero-order chi connectivity index (χ0) is 16.3. The quantitative estimate of drug-likeness (QED) is 0.861. The molecule has 1 saturated carbocycles. The van der Waals surface area contributed by atoms with Crippen molar-refractivity contribution in [1.82, 2.24) is 15.1 Å². The first-order valence-corrected chi connectivity index (χ1v) is 8.36. The Kier molecular flexibility index (Phi) is 5.77. The van der Waals surface area contributed by atoms with Gasteiger partial charge in [0.1, 0.15) is 0 Å². The normalized spacial score (nSPS) is 28.0. The maximum absolute atomic E-state index is 13.1. The molecule has 2 rings (SSSR count). The number of likely N-dealkylation sites (N-methyl/N-ethyl adjacent to an activating group) is 1. The lowest BCUT2D eigenvalue weighted by Gasteiger charge is -2.42. The highest BCUT2D eigenvalue weighted by molar-refractivity contribution is 5.78. The van der Waals surface area contributed by atoms with Crippen LogP contribution in [-0.4, -0.2) is 66.9 Å². The van der Waals surface area contributed by atoms with Crippen LogP contribution in [-0.2, 0) is 4.79 Å². The maximum Gasteiger partial charge on any atom is 0.248 e. The first-order valence-electron chi connectivity index (χ1n) is 8.36. The van der Waals surface area contributed by atoms with E-state index >= 15 is 0 Å². The molecular formula is C16H29F2N3O. The van der Waals surface area contributed by atoms with Gasteiger partial charge in [-0.25, -0.2) is 8.78 Å². The minimum absolute atomic E-state index is 0.0228. The first kappa shape index (κ1) is 17.6. The van der Waals surface area contributed by atoms with Crippen molar-refractivity contribution in [1.29, 1.82) is 0 Å². The lowest BCUT2D eigenvalue weighted by Crippen LogP contribution is -2.57. The summed E-state index contributed by atoms with van der Waals surface area (Å²) in [5.74, 6) is -2.07. The Morgan fingerprint density at radius 1 is 1.27 bits per heavy atom. The number of carbonyl (C=O) groups is 1. The van der Waals surface area contributed by atoms with Crippen LogP contribution in [0.3, 0.4) is 0 Å². The van der Waals surface area contributed by atoms with Gasteiger partial charge < -0.3 is 10.2 Å². The molecule has 0 aromatic rings. The summed E-state index contributed by atoms with van der Waals surface area (Å²) < 4.78 is 26.3. The minimum atomic E-state index is -2.54. The van der Waals surface area contributed by atoms with E-state index in [1.165, 1.54) is 0 Å². The van der Waals surface area contributed by atoms with Gasteiger partial charge in [-0.05, 0) is 25.8 Å². The zero-order valence-electron chi connectivity index (χ0n) is 13.9. The van der Waals surface area contributed by atoms with Crippen molar-refractivity contribution >= 4 is 5.91 Å². The van der Waals surface area contributed by atoms with Gasteiger partial charge in [0.25, 0.3) is 0 Å². The summed E-state index contributed by atoms with van der Waals surface area (Å²) in [5, 5.41) is 2.95. The van der Waals surface area contributed by atoms with Gasteiger partial charge in [0.05, 0.1) is 6.54 Å². The lowest BCUT2D eigenvalue weighted by atomic mass is 9.92. The van der Waals surface area contributed by atoms with Crippen LogP contribution in [0.15, 0.2) is 0 Å². The molecule has 4 nitrogen and oxygen atoms in total. The van der Waals surface area contributed by atoms with Crippen LogP contribution in [0.2, 0.25) is 0 Å². The standard InChI is InChI=1S/C16H29F2N3O/c1-12(2)14-10-20(3)8-9-21(14)11-15(22)19-13-4-6-16(17,18)7-5-13/h12-14H,4-11H2,1-3H3,(H,19,22). The van der Waals surface area contributed by atoms with Gasteiger partial charge in [-0.1, -0.05) is 13.8 Å². The van der Waals surface area contributed by atoms with Crippen molar-refractivity contribution in [3.8, 4) is 0 Å². The summed E-state index contributed by atoms with van der Waals surface area (Å²) in [6.45, 7) is 7.56. The van der Waals surface area contributed by atoms with Crippen LogP contribution in [0, 0.1) is 5.92 Å². The molecule has 0 aromatic heterocycles. The van der Waals surface area contributed by atoms with E-state index in [0.717, 1.165) is 19.6 Å². The molecule has 0 spiro atoms. The predicted octanol–water partition coefficient (Wildman–Crippen LogP) is 1.95. The molecule has 1 atom stereocenters. The van der Waals surface area contributed by atoms with E-state index in [4.69, 9.17) is 0 Å². The molecule has 22 heavy (non-hydrogen) atoms. The number of hydrogen-bond donors (Lipinski definition) is 1. The Morgan fingerprint density at radius 2 is 1.91 bits per heavy atom. The molecule has 1 N–H and O–H groups in total. The first-order chi connectivity index (χ1) is 10.3. The summed E-state index contributed by atoms with van der Waals surface area (Å²) in [7, 11) is 2.11. The molecule has 0 radical (unpaired) electrons. The van der Waals surface area contributed by atoms with Crippen molar-refractivity contribution in [3.05, 3.63) is 0 Å². The van der Waals surface area contributed by atoms with Crippen LogP contribution in [0.1, 0.15) is 39.5 Å². The van der Waals surface area contributed by atoms with Crippen molar-refractivity contribution in [2.45, 2.75) is 57.5 Å². The number of alkyl halides is 2. The maximum atomic E-state index is 13.1. The SMILES string of the molecule is CC(C)C1CN(C)CCN1CC(=O)NC1CCC(F)(F)CC1. The molecule has 1 aliphatic carbocycles. The highest BCUT2D eigenvalue weighted by atomic mass is 19.3. The summed E-state index contributed by atoms with van der Waals surface area (Å²) in [5.41, 5.74) is 0. The van der Waals surface area contributed by atoms with Gasteiger partial charge >= 0.3 is 0 Å². The molecule has 1 saturated heterocycles. The second kappa shape index (κ2) is 7.21. The second-order valence-electron chi connectivity index (χ2n) is 7.24. The minimum Gasteiger partial charge on any atom is -0.352 e. The summed E-state index contributed by atoms with van der Waals surface area (Å²) in [4.78, 5) is 16.8. The monoisotopic (exact) mass is 317 g/mol. The lowest BCUT2D eigenvalue weighted by molar-refractivity contribution is -0.125.